The predicted molar refractivity (Wildman–Crippen MR) is 83.1 cm³/mol. The Morgan fingerprint density at radius 2 is 1.95 bits per heavy atom. The third-order valence-corrected chi connectivity index (χ3v) is 3.40. The Labute approximate surface area is 126 Å². The van der Waals surface area contributed by atoms with E-state index in [0.29, 0.717) is 18.8 Å². The standard InChI is InChI=1S/C17H23N3O/c1-13(2)11-20-17(18-12-19-20)10-16(21)9-8-15-6-4-14(3)5-7-15/h4-7,12-13H,8-11H2,1-3H3. The molecule has 0 atom stereocenters. The highest BCUT2D eigenvalue weighted by Gasteiger charge is 2.11. The van der Waals surface area contributed by atoms with E-state index in [0.717, 1.165) is 18.8 Å². The number of Topliss-reactive ketones (excluding diaryl/α,β-unsaturated/α-hetero) is 1. The maximum Gasteiger partial charge on any atom is 0.140 e. The molecule has 0 bridgehead atoms. The second-order valence-corrected chi connectivity index (χ2v) is 5.95. The molecule has 0 radical (unpaired) electrons. The van der Waals surface area contributed by atoms with Crippen LogP contribution < -0.4 is 0 Å². The van der Waals surface area contributed by atoms with Crippen LogP contribution in [0.25, 0.3) is 0 Å². The number of carbonyl (C=O) groups excluding carboxylic acids is 1. The van der Waals surface area contributed by atoms with Gasteiger partial charge in [-0.15, -0.1) is 0 Å². The van der Waals surface area contributed by atoms with Crippen molar-refractivity contribution in [1.29, 1.82) is 0 Å². The van der Waals surface area contributed by atoms with Crippen molar-refractivity contribution in [3.8, 4) is 0 Å². The number of aryl methyl sites for hydroxylation is 2. The summed E-state index contributed by atoms with van der Waals surface area (Å²) in [7, 11) is 0. The van der Waals surface area contributed by atoms with Crippen LogP contribution in [0, 0.1) is 12.8 Å². The Balaban J connectivity index is 1.87. The highest BCUT2D eigenvalue weighted by atomic mass is 16.1. The number of aromatic nitrogens is 3. The van der Waals surface area contributed by atoms with E-state index < -0.39 is 0 Å². The van der Waals surface area contributed by atoms with Gasteiger partial charge in [-0.3, -0.25) is 4.79 Å². The zero-order chi connectivity index (χ0) is 15.2. The molecule has 1 aromatic carbocycles. The number of carbonyl (C=O) groups is 1. The van der Waals surface area contributed by atoms with E-state index in [1.165, 1.54) is 17.5 Å². The van der Waals surface area contributed by atoms with Gasteiger partial charge in [-0.1, -0.05) is 43.7 Å². The molecule has 21 heavy (non-hydrogen) atoms. The van der Waals surface area contributed by atoms with Crippen molar-refractivity contribution in [3.05, 3.63) is 47.5 Å². The smallest absolute Gasteiger partial charge is 0.140 e. The van der Waals surface area contributed by atoms with E-state index in [1.54, 1.807) is 0 Å². The van der Waals surface area contributed by atoms with E-state index in [9.17, 15) is 4.79 Å². The monoisotopic (exact) mass is 285 g/mol. The van der Waals surface area contributed by atoms with Crippen molar-refractivity contribution in [2.75, 3.05) is 0 Å². The maximum absolute atomic E-state index is 12.1. The third-order valence-electron chi connectivity index (χ3n) is 3.40. The van der Waals surface area contributed by atoms with Crippen LogP contribution >= 0.6 is 0 Å². The molecule has 1 heterocycles. The van der Waals surface area contributed by atoms with E-state index in [1.807, 2.05) is 4.68 Å². The van der Waals surface area contributed by atoms with Gasteiger partial charge in [0.25, 0.3) is 0 Å². The summed E-state index contributed by atoms with van der Waals surface area (Å²) in [5.41, 5.74) is 2.45. The summed E-state index contributed by atoms with van der Waals surface area (Å²) >= 11 is 0. The first-order chi connectivity index (χ1) is 10.0. The minimum Gasteiger partial charge on any atom is -0.299 e. The van der Waals surface area contributed by atoms with Crippen molar-refractivity contribution in [2.24, 2.45) is 5.92 Å². The molecule has 0 spiro atoms. The minimum atomic E-state index is 0.216. The predicted octanol–water partition coefficient (Wildman–Crippen LogP) is 2.99. The molecule has 0 N–H and O–H groups in total. The lowest BCUT2D eigenvalue weighted by Gasteiger charge is -2.08. The van der Waals surface area contributed by atoms with E-state index in [-0.39, 0.29) is 5.78 Å². The highest BCUT2D eigenvalue weighted by molar-refractivity contribution is 5.80. The van der Waals surface area contributed by atoms with Gasteiger partial charge in [0.15, 0.2) is 0 Å². The van der Waals surface area contributed by atoms with Crippen LogP contribution in [0.5, 0.6) is 0 Å². The van der Waals surface area contributed by atoms with E-state index in [4.69, 9.17) is 0 Å². The average molecular weight is 285 g/mol. The molecule has 0 saturated heterocycles. The summed E-state index contributed by atoms with van der Waals surface area (Å²) in [4.78, 5) is 16.3. The quantitative estimate of drug-likeness (QED) is 0.785. The van der Waals surface area contributed by atoms with Crippen LogP contribution in [0.4, 0.5) is 0 Å². The van der Waals surface area contributed by atoms with Gasteiger partial charge in [-0.05, 0) is 24.8 Å². The molecule has 112 valence electrons. The van der Waals surface area contributed by atoms with E-state index in [2.05, 4.69) is 55.1 Å². The van der Waals surface area contributed by atoms with Gasteiger partial charge in [0.2, 0.25) is 0 Å². The fraction of sp³-hybridized carbons (Fsp3) is 0.471. The van der Waals surface area contributed by atoms with Gasteiger partial charge in [-0.2, -0.15) is 5.10 Å². The third kappa shape index (κ3) is 4.81. The topological polar surface area (TPSA) is 47.8 Å². The van der Waals surface area contributed by atoms with Crippen LogP contribution in [0.15, 0.2) is 30.6 Å². The normalized spacial score (nSPS) is 11.0. The molecule has 2 rings (SSSR count). The summed E-state index contributed by atoms with van der Waals surface area (Å²) in [6.45, 7) is 7.13. The maximum atomic E-state index is 12.1. The molecule has 0 saturated carbocycles. The first kappa shape index (κ1) is 15.4. The van der Waals surface area contributed by atoms with Gasteiger partial charge < -0.3 is 0 Å². The number of benzene rings is 1. The molecule has 1 aromatic heterocycles. The fourth-order valence-electron chi connectivity index (χ4n) is 2.23. The summed E-state index contributed by atoms with van der Waals surface area (Å²) < 4.78 is 1.84. The van der Waals surface area contributed by atoms with Crippen LogP contribution in [0.3, 0.4) is 0 Å². The van der Waals surface area contributed by atoms with Crippen molar-refractivity contribution < 1.29 is 4.79 Å². The summed E-state index contributed by atoms with van der Waals surface area (Å²) in [6, 6.07) is 8.34. The van der Waals surface area contributed by atoms with Crippen LogP contribution in [-0.4, -0.2) is 20.5 Å². The number of nitrogens with zero attached hydrogens (tertiary/aromatic N) is 3. The molecule has 0 aliphatic carbocycles. The molecular formula is C17H23N3O. The zero-order valence-electron chi connectivity index (χ0n) is 13.0. The number of ketones is 1. The minimum absolute atomic E-state index is 0.216. The Kier molecular flexibility index (Phi) is 5.26. The molecule has 0 unspecified atom stereocenters. The first-order valence-corrected chi connectivity index (χ1v) is 7.48. The number of rotatable bonds is 7. The zero-order valence-corrected chi connectivity index (χ0v) is 13.0. The van der Waals surface area contributed by atoms with Gasteiger partial charge >= 0.3 is 0 Å². The Bertz CT molecular complexity index is 584. The molecule has 4 nitrogen and oxygen atoms in total. The molecule has 0 aliphatic heterocycles. The summed E-state index contributed by atoms with van der Waals surface area (Å²) in [6.07, 6.45) is 3.25. The SMILES string of the molecule is Cc1ccc(CCC(=O)Cc2ncnn2CC(C)C)cc1. The van der Waals surface area contributed by atoms with Gasteiger partial charge in [0.05, 0.1) is 6.42 Å². The van der Waals surface area contributed by atoms with Crippen molar-refractivity contribution in [3.63, 3.8) is 0 Å². The lowest BCUT2D eigenvalue weighted by molar-refractivity contribution is -0.118. The fourth-order valence-corrected chi connectivity index (χ4v) is 2.23. The Morgan fingerprint density at radius 1 is 1.24 bits per heavy atom. The molecule has 4 heteroatoms. The lowest BCUT2D eigenvalue weighted by atomic mass is 10.0. The van der Waals surface area contributed by atoms with Crippen molar-refractivity contribution >= 4 is 5.78 Å². The van der Waals surface area contributed by atoms with Crippen molar-refractivity contribution in [1.82, 2.24) is 14.8 Å². The molecule has 0 amide bonds. The average Bonchev–Trinajstić information content (AvgIpc) is 2.84. The first-order valence-electron chi connectivity index (χ1n) is 7.48. The summed E-state index contributed by atoms with van der Waals surface area (Å²) in [5.74, 6) is 1.49. The summed E-state index contributed by atoms with van der Waals surface area (Å²) in [5, 5.41) is 4.19. The van der Waals surface area contributed by atoms with Crippen LogP contribution in [0.2, 0.25) is 0 Å². The second-order valence-electron chi connectivity index (χ2n) is 5.95. The van der Waals surface area contributed by atoms with Gasteiger partial charge in [-0.25, -0.2) is 9.67 Å². The lowest BCUT2D eigenvalue weighted by Crippen LogP contribution is -2.14. The van der Waals surface area contributed by atoms with Crippen LogP contribution in [0.1, 0.15) is 37.2 Å². The Morgan fingerprint density at radius 3 is 2.62 bits per heavy atom. The second kappa shape index (κ2) is 7.16. The van der Waals surface area contributed by atoms with Crippen LogP contribution in [-0.2, 0) is 24.2 Å². The molecular weight excluding hydrogens is 262 g/mol. The molecule has 0 aliphatic rings. The molecule has 0 fully saturated rings. The number of hydrogen-bond acceptors (Lipinski definition) is 3. The highest BCUT2D eigenvalue weighted by Crippen LogP contribution is 2.08. The molecule has 2 aromatic rings. The Hall–Kier alpha value is -1.97. The van der Waals surface area contributed by atoms with Crippen molar-refractivity contribution in [2.45, 2.75) is 46.6 Å². The van der Waals surface area contributed by atoms with Gasteiger partial charge in [0.1, 0.15) is 17.9 Å². The number of hydrogen-bond donors (Lipinski definition) is 0. The van der Waals surface area contributed by atoms with E-state index >= 15 is 0 Å². The largest absolute Gasteiger partial charge is 0.299 e. The van der Waals surface area contributed by atoms with Gasteiger partial charge in [0, 0.05) is 13.0 Å².